The number of ether oxygens (including phenoxy) is 1. The van der Waals surface area contributed by atoms with Gasteiger partial charge < -0.3 is 14.5 Å². The van der Waals surface area contributed by atoms with Gasteiger partial charge in [-0.2, -0.15) is 4.31 Å². The largest absolute Gasteiger partial charge is 0.497 e. The van der Waals surface area contributed by atoms with Crippen LogP contribution in [0.15, 0.2) is 83.8 Å². The molecule has 0 unspecified atom stereocenters. The summed E-state index contributed by atoms with van der Waals surface area (Å²) in [7, 11) is -2.31. The maximum Gasteiger partial charge on any atom is 0.243 e. The van der Waals surface area contributed by atoms with Crippen molar-refractivity contribution in [2.24, 2.45) is 0 Å². The number of rotatable bonds is 8. The zero-order chi connectivity index (χ0) is 24.8. The Hall–Kier alpha value is -3.43. The van der Waals surface area contributed by atoms with Crippen molar-refractivity contribution in [1.82, 2.24) is 9.21 Å². The number of nitrogens with zero attached hydrogens (tertiary/aromatic N) is 3. The quantitative estimate of drug-likeness (QED) is 0.477. The number of sulfonamides is 1. The molecule has 0 aromatic heterocycles. The first kappa shape index (κ1) is 24.7. The van der Waals surface area contributed by atoms with Gasteiger partial charge in [0.15, 0.2) is 0 Å². The molecule has 184 valence electrons. The summed E-state index contributed by atoms with van der Waals surface area (Å²) in [6, 6.07) is 21.4. The number of hydrogen-bond acceptors (Lipinski definition) is 5. The van der Waals surface area contributed by atoms with Crippen LogP contribution in [0.3, 0.4) is 0 Å². The highest BCUT2D eigenvalue weighted by Gasteiger charge is 2.30. The van der Waals surface area contributed by atoms with Gasteiger partial charge in [-0.25, -0.2) is 12.8 Å². The van der Waals surface area contributed by atoms with E-state index in [2.05, 4.69) is 4.90 Å². The Morgan fingerprint density at radius 2 is 1.54 bits per heavy atom. The number of halogens is 1. The fraction of sp³-hybridized carbons (Fsp3) is 0.269. The van der Waals surface area contributed by atoms with E-state index < -0.39 is 15.8 Å². The fourth-order valence-electron chi connectivity index (χ4n) is 4.02. The molecule has 0 saturated carbocycles. The first-order chi connectivity index (χ1) is 16.9. The van der Waals surface area contributed by atoms with E-state index >= 15 is 0 Å². The lowest BCUT2D eigenvalue weighted by Gasteiger charge is -2.37. The van der Waals surface area contributed by atoms with Gasteiger partial charge >= 0.3 is 0 Å². The number of methoxy groups -OCH3 is 1. The summed E-state index contributed by atoms with van der Waals surface area (Å²) < 4.78 is 46.5. The molecule has 35 heavy (non-hydrogen) atoms. The molecule has 4 rings (SSSR count). The van der Waals surface area contributed by atoms with Crippen LogP contribution in [0.5, 0.6) is 5.75 Å². The van der Waals surface area contributed by atoms with E-state index in [1.165, 1.54) is 36.4 Å². The summed E-state index contributed by atoms with van der Waals surface area (Å²) in [5, 5.41) is 0. The number of amides is 1. The van der Waals surface area contributed by atoms with Gasteiger partial charge in [0, 0.05) is 38.4 Å². The Labute approximate surface area is 205 Å². The van der Waals surface area contributed by atoms with Crippen LogP contribution in [-0.4, -0.2) is 63.4 Å². The van der Waals surface area contributed by atoms with Crippen LogP contribution in [0.1, 0.15) is 5.56 Å². The van der Waals surface area contributed by atoms with Crippen molar-refractivity contribution in [1.29, 1.82) is 0 Å². The van der Waals surface area contributed by atoms with Crippen molar-refractivity contribution >= 4 is 21.6 Å². The van der Waals surface area contributed by atoms with Crippen LogP contribution in [-0.2, 0) is 21.4 Å². The minimum absolute atomic E-state index is 0.0327. The van der Waals surface area contributed by atoms with Crippen molar-refractivity contribution in [2.75, 3.05) is 44.7 Å². The second kappa shape index (κ2) is 10.9. The highest BCUT2D eigenvalue weighted by atomic mass is 32.2. The zero-order valence-electron chi connectivity index (χ0n) is 19.5. The molecule has 1 aliphatic rings. The maximum absolute atomic E-state index is 13.4. The van der Waals surface area contributed by atoms with Gasteiger partial charge in [0.1, 0.15) is 11.6 Å². The first-order valence-electron chi connectivity index (χ1n) is 11.3. The van der Waals surface area contributed by atoms with E-state index in [0.29, 0.717) is 31.7 Å². The minimum atomic E-state index is -3.93. The standard InChI is InChI=1S/C26H28FN3O4S/c1-34-24-13-11-23(12-14-24)28-15-17-29(18-16-28)26(31)20-30(19-21-7-9-22(27)10-8-21)35(32,33)25-5-3-2-4-6-25/h2-14H,15-20H2,1H3. The van der Waals surface area contributed by atoms with Crippen molar-refractivity contribution in [3.63, 3.8) is 0 Å². The molecular formula is C26H28FN3O4S. The zero-order valence-corrected chi connectivity index (χ0v) is 20.3. The predicted molar refractivity (Wildman–Crippen MR) is 132 cm³/mol. The molecule has 0 bridgehead atoms. The summed E-state index contributed by atoms with van der Waals surface area (Å²) in [4.78, 5) is 17.2. The van der Waals surface area contributed by atoms with Gasteiger partial charge in [-0.3, -0.25) is 4.79 Å². The van der Waals surface area contributed by atoms with Crippen LogP contribution in [0.25, 0.3) is 0 Å². The SMILES string of the molecule is COc1ccc(N2CCN(C(=O)CN(Cc3ccc(F)cc3)S(=O)(=O)c3ccccc3)CC2)cc1. The molecule has 0 spiro atoms. The second-order valence-corrected chi connectivity index (χ2v) is 10.2. The lowest BCUT2D eigenvalue weighted by molar-refractivity contribution is -0.131. The molecule has 3 aromatic rings. The van der Waals surface area contributed by atoms with Crippen molar-refractivity contribution in [3.8, 4) is 5.75 Å². The van der Waals surface area contributed by atoms with Gasteiger partial charge in [-0.15, -0.1) is 0 Å². The van der Waals surface area contributed by atoms with Gasteiger partial charge in [0.05, 0.1) is 18.6 Å². The molecule has 1 saturated heterocycles. The van der Waals surface area contributed by atoms with Gasteiger partial charge in [-0.1, -0.05) is 30.3 Å². The molecule has 1 fully saturated rings. The lowest BCUT2D eigenvalue weighted by Crippen LogP contribution is -2.51. The number of carbonyl (C=O) groups excluding carboxylic acids is 1. The van der Waals surface area contributed by atoms with E-state index in [4.69, 9.17) is 4.74 Å². The van der Waals surface area contributed by atoms with Crippen LogP contribution in [0.4, 0.5) is 10.1 Å². The van der Waals surface area contributed by atoms with Crippen molar-refractivity contribution in [3.05, 3.63) is 90.2 Å². The Bertz CT molecular complexity index is 1230. The number of carbonyl (C=O) groups is 1. The number of piperazine rings is 1. The maximum atomic E-state index is 13.4. The molecule has 0 atom stereocenters. The Kier molecular flexibility index (Phi) is 7.67. The Morgan fingerprint density at radius 1 is 0.914 bits per heavy atom. The average Bonchev–Trinajstić information content (AvgIpc) is 2.90. The van der Waals surface area contributed by atoms with Crippen molar-refractivity contribution in [2.45, 2.75) is 11.4 Å². The average molecular weight is 498 g/mol. The smallest absolute Gasteiger partial charge is 0.243 e. The molecule has 9 heteroatoms. The third-order valence-electron chi connectivity index (χ3n) is 6.03. The number of anilines is 1. The van der Waals surface area contributed by atoms with E-state index in [0.717, 1.165) is 15.7 Å². The summed E-state index contributed by atoms with van der Waals surface area (Å²) in [6.45, 7) is 1.93. The predicted octanol–water partition coefficient (Wildman–Crippen LogP) is 3.37. The monoisotopic (exact) mass is 497 g/mol. The Morgan fingerprint density at radius 3 is 2.14 bits per heavy atom. The van der Waals surface area contributed by atoms with E-state index in [1.54, 1.807) is 30.2 Å². The van der Waals surface area contributed by atoms with E-state index in [9.17, 15) is 17.6 Å². The molecule has 3 aromatic carbocycles. The van der Waals surface area contributed by atoms with Crippen LogP contribution < -0.4 is 9.64 Å². The highest BCUT2D eigenvalue weighted by molar-refractivity contribution is 7.89. The molecule has 1 amide bonds. The molecule has 0 radical (unpaired) electrons. The molecule has 1 aliphatic heterocycles. The normalized spacial score (nSPS) is 14.3. The molecular weight excluding hydrogens is 469 g/mol. The fourth-order valence-corrected chi connectivity index (χ4v) is 5.42. The summed E-state index contributed by atoms with van der Waals surface area (Å²) in [6.07, 6.45) is 0. The number of hydrogen-bond donors (Lipinski definition) is 0. The third kappa shape index (κ3) is 5.98. The summed E-state index contributed by atoms with van der Waals surface area (Å²) in [5.41, 5.74) is 1.64. The van der Waals surface area contributed by atoms with Crippen LogP contribution in [0.2, 0.25) is 0 Å². The van der Waals surface area contributed by atoms with Crippen LogP contribution >= 0.6 is 0 Å². The summed E-state index contributed by atoms with van der Waals surface area (Å²) in [5.74, 6) is 0.112. The van der Waals surface area contributed by atoms with Crippen LogP contribution in [0, 0.1) is 5.82 Å². The first-order valence-corrected chi connectivity index (χ1v) is 12.8. The summed E-state index contributed by atoms with van der Waals surface area (Å²) >= 11 is 0. The lowest BCUT2D eigenvalue weighted by atomic mass is 10.2. The topological polar surface area (TPSA) is 70.2 Å². The Balaban J connectivity index is 1.46. The molecule has 7 nitrogen and oxygen atoms in total. The molecule has 1 heterocycles. The number of benzene rings is 3. The third-order valence-corrected chi connectivity index (χ3v) is 7.84. The molecule has 0 N–H and O–H groups in total. The minimum Gasteiger partial charge on any atom is -0.497 e. The van der Waals surface area contributed by atoms with Gasteiger partial charge in [-0.05, 0) is 54.1 Å². The van der Waals surface area contributed by atoms with Gasteiger partial charge in [0.25, 0.3) is 0 Å². The van der Waals surface area contributed by atoms with E-state index in [1.807, 2.05) is 24.3 Å². The van der Waals surface area contributed by atoms with Gasteiger partial charge in [0.2, 0.25) is 15.9 Å². The highest BCUT2D eigenvalue weighted by Crippen LogP contribution is 2.22. The van der Waals surface area contributed by atoms with E-state index in [-0.39, 0.29) is 23.9 Å². The second-order valence-electron chi connectivity index (χ2n) is 8.28. The molecule has 0 aliphatic carbocycles. The van der Waals surface area contributed by atoms with Crippen molar-refractivity contribution < 1.29 is 22.3 Å².